The molecule has 1 aliphatic rings. The van der Waals surface area contributed by atoms with Crippen molar-refractivity contribution in [3.8, 4) is 50.2 Å². The third kappa shape index (κ3) is 6.56. The van der Waals surface area contributed by atoms with Crippen LogP contribution in [0, 0.1) is 0 Å². The molecule has 0 aliphatic heterocycles. The minimum atomic E-state index is -0.568. The fraction of sp³-hybridized carbons (Fsp3) is 0.0149. The second-order valence-electron chi connectivity index (χ2n) is 18.0. The van der Waals surface area contributed by atoms with E-state index in [0.29, 0.717) is 0 Å². The first-order chi connectivity index (χ1) is 34.3. The van der Waals surface area contributed by atoms with E-state index in [-0.39, 0.29) is 0 Å². The Bertz CT molecular complexity index is 3640. The molecule has 11 aromatic carbocycles. The molecule has 0 unspecified atom stereocenters. The topological polar surface area (TPSA) is 8.17 Å². The van der Waals surface area contributed by atoms with E-state index < -0.39 is 5.41 Å². The van der Waals surface area contributed by atoms with E-state index in [9.17, 15) is 0 Å². The number of hydrogen-bond donors (Lipinski definition) is 0. The predicted octanol–water partition coefficient (Wildman–Crippen LogP) is 17.6. The molecular weight excluding hydrogens is 833 g/mol. The van der Waals surface area contributed by atoms with Crippen LogP contribution in [-0.4, -0.2) is 4.57 Å². The van der Waals surface area contributed by atoms with Crippen LogP contribution >= 0.6 is 0 Å². The molecule has 0 fully saturated rings. The molecule has 1 aliphatic carbocycles. The fourth-order valence-corrected chi connectivity index (χ4v) is 11.3. The highest BCUT2D eigenvalue weighted by Gasteiger charge is 2.47. The van der Waals surface area contributed by atoms with Gasteiger partial charge in [-0.2, -0.15) is 0 Å². The van der Waals surface area contributed by atoms with Crippen LogP contribution < -0.4 is 4.90 Å². The lowest BCUT2D eigenvalue weighted by atomic mass is 9.67. The van der Waals surface area contributed by atoms with Gasteiger partial charge in [0.2, 0.25) is 0 Å². The monoisotopic (exact) mass is 878 g/mol. The molecule has 0 atom stereocenters. The van der Waals surface area contributed by atoms with E-state index in [1.165, 1.54) is 83.0 Å². The lowest BCUT2D eigenvalue weighted by molar-refractivity contribution is 0.769. The number of benzene rings is 11. The first kappa shape index (κ1) is 40.3. The second-order valence-corrected chi connectivity index (χ2v) is 18.0. The first-order valence-corrected chi connectivity index (χ1v) is 23.8. The van der Waals surface area contributed by atoms with E-state index in [2.05, 4.69) is 289 Å². The summed E-state index contributed by atoms with van der Waals surface area (Å²) in [6, 6.07) is 102. The van der Waals surface area contributed by atoms with Crippen LogP contribution in [-0.2, 0) is 5.41 Å². The Labute approximate surface area is 403 Å². The first-order valence-electron chi connectivity index (χ1n) is 23.8. The predicted molar refractivity (Wildman–Crippen MR) is 289 cm³/mol. The number of para-hydroxylation sites is 2. The molecule has 0 amide bonds. The molecule has 0 saturated heterocycles. The Balaban J connectivity index is 1.06. The van der Waals surface area contributed by atoms with Gasteiger partial charge in [0.25, 0.3) is 0 Å². The van der Waals surface area contributed by atoms with Crippen LogP contribution in [0.4, 0.5) is 17.1 Å². The van der Waals surface area contributed by atoms with Crippen LogP contribution in [0.2, 0.25) is 0 Å². The summed E-state index contributed by atoms with van der Waals surface area (Å²) in [7, 11) is 0. The number of fused-ring (bicyclic) bond motifs is 7. The average Bonchev–Trinajstić information content (AvgIpc) is 3.94. The minimum absolute atomic E-state index is 0.568. The summed E-state index contributed by atoms with van der Waals surface area (Å²) >= 11 is 0. The van der Waals surface area contributed by atoms with Gasteiger partial charge in [0.1, 0.15) is 0 Å². The van der Waals surface area contributed by atoms with Crippen molar-refractivity contribution in [2.75, 3.05) is 4.90 Å². The zero-order chi connectivity index (χ0) is 45.7. The van der Waals surface area contributed by atoms with E-state index in [0.717, 1.165) is 28.3 Å². The van der Waals surface area contributed by atoms with E-state index >= 15 is 0 Å². The summed E-state index contributed by atoms with van der Waals surface area (Å²) in [5.74, 6) is 0. The Kier molecular flexibility index (Phi) is 9.77. The van der Waals surface area contributed by atoms with Crippen LogP contribution in [0.1, 0.15) is 22.3 Å². The maximum Gasteiger partial charge on any atom is 0.0714 e. The SMILES string of the molecule is c1ccc(-c2ccc(N(c3ccc(-c4ccccc4)cc3)c3ccc(-c4cc5c(c6c7ccccc7n(-c7ccccc7)c46)-c4ccccc4C5(c4ccccc4)c4ccccc4)cc3)cc2)cc1. The highest BCUT2D eigenvalue weighted by atomic mass is 15.1. The van der Waals surface area contributed by atoms with Gasteiger partial charge in [-0.15, -0.1) is 0 Å². The number of aromatic nitrogens is 1. The molecule has 0 spiro atoms. The Morgan fingerprint density at radius 2 is 0.739 bits per heavy atom. The number of nitrogens with zero attached hydrogens (tertiary/aromatic N) is 2. The van der Waals surface area contributed by atoms with Crippen molar-refractivity contribution in [3.05, 3.63) is 301 Å². The highest BCUT2D eigenvalue weighted by molar-refractivity contribution is 6.22. The maximum atomic E-state index is 2.54. The molecule has 1 heterocycles. The van der Waals surface area contributed by atoms with Crippen LogP contribution in [0.15, 0.2) is 279 Å². The summed E-state index contributed by atoms with van der Waals surface area (Å²) in [4.78, 5) is 2.37. The van der Waals surface area contributed by atoms with E-state index in [4.69, 9.17) is 0 Å². The molecule has 324 valence electrons. The zero-order valence-electron chi connectivity index (χ0n) is 38.0. The summed E-state index contributed by atoms with van der Waals surface area (Å²) in [6.45, 7) is 0. The molecule has 1 aromatic heterocycles. The molecule has 0 N–H and O–H groups in total. The molecule has 0 bridgehead atoms. The lowest BCUT2D eigenvalue weighted by Gasteiger charge is -2.34. The molecule has 2 nitrogen and oxygen atoms in total. The smallest absolute Gasteiger partial charge is 0.0714 e. The third-order valence-corrected chi connectivity index (χ3v) is 14.3. The van der Waals surface area contributed by atoms with Crippen molar-refractivity contribution >= 4 is 38.9 Å². The summed E-state index contributed by atoms with van der Waals surface area (Å²) in [5.41, 5.74) is 21.0. The van der Waals surface area contributed by atoms with Gasteiger partial charge in [-0.3, -0.25) is 0 Å². The summed E-state index contributed by atoms with van der Waals surface area (Å²) < 4.78 is 2.50. The molecule has 12 aromatic rings. The van der Waals surface area contributed by atoms with E-state index in [1.54, 1.807) is 0 Å². The van der Waals surface area contributed by atoms with Gasteiger partial charge in [-0.05, 0) is 122 Å². The van der Waals surface area contributed by atoms with Crippen molar-refractivity contribution in [1.29, 1.82) is 0 Å². The van der Waals surface area contributed by atoms with Gasteiger partial charge in [-0.25, -0.2) is 0 Å². The number of anilines is 3. The minimum Gasteiger partial charge on any atom is -0.311 e. The van der Waals surface area contributed by atoms with Crippen molar-refractivity contribution in [1.82, 2.24) is 4.57 Å². The standard InChI is InChI=1S/C67H46N2/c1-6-20-47(21-7-1)49-34-40-55(41-35-49)68(56-42-36-50(37-43-56)48-22-8-2-9-23-48)57-44-38-51(39-45-57)60-46-62-64(65-59-31-17-19-33-63(59)69(66(60)65)54-28-14-5-15-29-54)58-30-16-18-32-61(58)67(62,52-24-10-3-11-25-52)53-26-12-4-13-27-53/h1-46H. The highest BCUT2D eigenvalue weighted by Crippen LogP contribution is 2.60. The Hall–Kier alpha value is -8.98. The van der Waals surface area contributed by atoms with Gasteiger partial charge < -0.3 is 9.47 Å². The number of hydrogen-bond acceptors (Lipinski definition) is 1. The van der Waals surface area contributed by atoms with Gasteiger partial charge in [-0.1, -0.05) is 218 Å². The van der Waals surface area contributed by atoms with Gasteiger partial charge in [0, 0.05) is 39.1 Å². The molecule has 0 radical (unpaired) electrons. The normalized spacial score (nSPS) is 12.5. The van der Waals surface area contributed by atoms with Crippen LogP contribution in [0.25, 0.3) is 72.0 Å². The van der Waals surface area contributed by atoms with Gasteiger partial charge >= 0.3 is 0 Å². The molecule has 0 saturated carbocycles. The van der Waals surface area contributed by atoms with Gasteiger partial charge in [0.15, 0.2) is 0 Å². The van der Waals surface area contributed by atoms with Crippen molar-refractivity contribution in [3.63, 3.8) is 0 Å². The molecule has 2 heteroatoms. The summed E-state index contributed by atoms with van der Waals surface area (Å²) in [5, 5.41) is 2.51. The average molecular weight is 879 g/mol. The molecule has 69 heavy (non-hydrogen) atoms. The quantitative estimate of drug-likeness (QED) is 0.140. The van der Waals surface area contributed by atoms with Gasteiger partial charge in [0.05, 0.1) is 16.4 Å². The lowest BCUT2D eigenvalue weighted by Crippen LogP contribution is -2.28. The molecular formula is C67H46N2. The maximum absolute atomic E-state index is 2.54. The van der Waals surface area contributed by atoms with Crippen LogP contribution in [0.3, 0.4) is 0 Å². The molecule has 13 rings (SSSR count). The van der Waals surface area contributed by atoms with Crippen molar-refractivity contribution in [2.45, 2.75) is 5.41 Å². The number of rotatable bonds is 9. The Morgan fingerprint density at radius 3 is 1.28 bits per heavy atom. The zero-order valence-corrected chi connectivity index (χ0v) is 38.0. The van der Waals surface area contributed by atoms with Crippen LogP contribution in [0.5, 0.6) is 0 Å². The second kappa shape index (κ2) is 16.7. The summed E-state index contributed by atoms with van der Waals surface area (Å²) in [6.07, 6.45) is 0. The third-order valence-electron chi connectivity index (χ3n) is 14.3. The van der Waals surface area contributed by atoms with E-state index in [1.807, 2.05) is 0 Å². The Morgan fingerprint density at radius 1 is 0.319 bits per heavy atom. The fourth-order valence-electron chi connectivity index (χ4n) is 11.3. The van der Waals surface area contributed by atoms with Crippen molar-refractivity contribution in [2.24, 2.45) is 0 Å². The largest absolute Gasteiger partial charge is 0.311 e. The van der Waals surface area contributed by atoms with Crippen molar-refractivity contribution < 1.29 is 0 Å².